The third-order valence-electron chi connectivity index (χ3n) is 3.43. The monoisotopic (exact) mass is 332 g/mol. The first-order valence-corrected chi connectivity index (χ1v) is 7.25. The van der Waals surface area contributed by atoms with E-state index in [1.807, 2.05) is 0 Å². The molecule has 0 aliphatic rings. The molecule has 1 amide bonds. The predicted octanol–water partition coefficient (Wildman–Crippen LogP) is 1.60. The normalized spacial score (nSPS) is 10.3. The minimum absolute atomic E-state index is 0.110. The van der Waals surface area contributed by atoms with Crippen molar-refractivity contribution in [3.63, 3.8) is 0 Å². The van der Waals surface area contributed by atoms with Gasteiger partial charge in [0.15, 0.2) is 6.61 Å². The Bertz CT molecular complexity index is 830. The minimum Gasteiger partial charge on any atom is -0.452 e. The Morgan fingerprint density at radius 1 is 1.21 bits per heavy atom. The Morgan fingerprint density at radius 2 is 1.96 bits per heavy atom. The maximum Gasteiger partial charge on any atom is 0.344 e. The number of benzene rings is 1. The highest BCUT2D eigenvalue weighted by Gasteiger charge is 2.16. The minimum atomic E-state index is -0.870. The largest absolute Gasteiger partial charge is 0.452 e. The molecule has 1 heterocycles. The zero-order valence-electron chi connectivity index (χ0n) is 13.3. The first-order valence-electron chi connectivity index (χ1n) is 7.25. The van der Waals surface area contributed by atoms with Crippen molar-refractivity contribution in [2.24, 2.45) is 0 Å². The number of carbonyl (C=O) groups excluding carboxylic acids is 2. The molecule has 1 aromatic heterocycles. The van der Waals surface area contributed by atoms with Crippen molar-refractivity contribution in [1.82, 2.24) is 10.3 Å². The summed E-state index contributed by atoms with van der Waals surface area (Å²) in [5, 5.41) is 2.51. The summed E-state index contributed by atoms with van der Waals surface area (Å²) in [6.45, 7) is 2.82. The molecule has 0 atom stereocenters. The van der Waals surface area contributed by atoms with Crippen LogP contribution in [0.2, 0.25) is 0 Å². The van der Waals surface area contributed by atoms with E-state index in [4.69, 9.17) is 4.74 Å². The van der Waals surface area contributed by atoms with E-state index in [0.717, 1.165) is 0 Å². The fourth-order valence-electron chi connectivity index (χ4n) is 2.03. The van der Waals surface area contributed by atoms with Gasteiger partial charge in [0, 0.05) is 12.7 Å². The second-order valence-corrected chi connectivity index (χ2v) is 5.30. The van der Waals surface area contributed by atoms with Crippen LogP contribution in [0.15, 0.2) is 35.3 Å². The van der Waals surface area contributed by atoms with Crippen LogP contribution in [-0.4, -0.2) is 23.5 Å². The van der Waals surface area contributed by atoms with E-state index >= 15 is 0 Å². The second kappa shape index (κ2) is 7.54. The molecule has 6 nitrogen and oxygen atoms in total. The molecule has 0 bridgehead atoms. The highest BCUT2D eigenvalue weighted by atomic mass is 19.1. The lowest BCUT2D eigenvalue weighted by Gasteiger charge is -2.08. The van der Waals surface area contributed by atoms with Gasteiger partial charge in [-0.25, -0.2) is 9.18 Å². The van der Waals surface area contributed by atoms with Crippen molar-refractivity contribution in [2.75, 3.05) is 6.61 Å². The number of ether oxygens (including phenoxy) is 1. The average molecular weight is 332 g/mol. The molecule has 2 rings (SSSR count). The van der Waals surface area contributed by atoms with E-state index < -0.39 is 24.0 Å². The third-order valence-corrected chi connectivity index (χ3v) is 3.43. The van der Waals surface area contributed by atoms with Gasteiger partial charge in [0.2, 0.25) is 0 Å². The second-order valence-electron chi connectivity index (χ2n) is 5.30. The molecule has 0 unspecified atom stereocenters. The number of aromatic nitrogens is 1. The number of amides is 1. The van der Waals surface area contributed by atoms with Gasteiger partial charge >= 0.3 is 5.97 Å². The summed E-state index contributed by atoms with van der Waals surface area (Å²) < 4.78 is 18.2. The number of aromatic amines is 1. The van der Waals surface area contributed by atoms with Crippen molar-refractivity contribution in [3.05, 3.63) is 68.9 Å². The number of hydrogen-bond acceptors (Lipinski definition) is 4. The van der Waals surface area contributed by atoms with Crippen LogP contribution in [0.25, 0.3) is 0 Å². The number of esters is 1. The quantitative estimate of drug-likeness (QED) is 0.814. The van der Waals surface area contributed by atoms with Crippen LogP contribution in [-0.2, 0) is 16.1 Å². The van der Waals surface area contributed by atoms with Gasteiger partial charge in [0.1, 0.15) is 11.4 Å². The van der Waals surface area contributed by atoms with Crippen molar-refractivity contribution in [3.8, 4) is 0 Å². The summed E-state index contributed by atoms with van der Waals surface area (Å²) >= 11 is 0. The number of rotatable bonds is 5. The smallest absolute Gasteiger partial charge is 0.344 e. The first kappa shape index (κ1) is 17.4. The first-order chi connectivity index (χ1) is 11.4. The molecule has 2 N–H and O–H groups in total. The van der Waals surface area contributed by atoms with Gasteiger partial charge in [-0.3, -0.25) is 9.59 Å². The van der Waals surface area contributed by atoms with E-state index in [1.54, 1.807) is 32.0 Å². The third kappa shape index (κ3) is 4.28. The number of aryl methyl sites for hydroxylation is 2. The van der Waals surface area contributed by atoms with Crippen LogP contribution in [0.1, 0.15) is 27.0 Å². The van der Waals surface area contributed by atoms with Crippen molar-refractivity contribution in [2.45, 2.75) is 20.4 Å². The van der Waals surface area contributed by atoms with Gasteiger partial charge in [0.25, 0.3) is 11.5 Å². The standard InChI is InChI=1S/C17H17FN2O4/c1-10-3-4-12(7-13(10)18)8-20-14(21)9-24-17(23)15-11(2)5-6-19-16(15)22/h3-7H,8-9H2,1-2H3,(H,19,22)(H,20,21). The lowest BCUT2D eigenvalue weighted by atomic mass is 10.1. The van der Waals surface area contributed by atoms with E-state index in [0.29, 0.717) is 16.7 Å². The zero-order chi connectivity index (χ0) is 17.7. The number of H-pyrrole nitrogens is 1. The molecule has 2 aromatic rings. The van der Waals surface area contributed by atoms with Crippen molar-refractivity contribution in [1.29, 1.82) is 0 Å². The zero-order valence-corrected chi connectivity index (χ0v) is 13.3. The van der Waals surface area contributed by atoms with Crippen LogP contribution in [0.4, 0.5) is 4.39 Å². The number of nitrogens with one attached hydrogen (secondary N) is 2. The molecule has 0 radical (unpaired) electrons. The molecule has 126 valence electrons. The van der Waals surface area contributed by atoms with Gasteiger partial charge < -0.3 is 15.0 Å². The van der Waals surface area contributed by atoms with Gasteiger partial charge in [-0.15, -0.1) is 0 Å². The van der Waals surface area contributed by atoms with Crippen LogP contribution in [0, 0.1) is 19.7 Å². The van der Waals surface area contributed by atoms with Crippen molar-refractivity contribution >= 4 is 11.9 Å². The summed E-state index contributed by atoms with van der Waals surface area (Å²) in [6, 6.07) is 6.19. The topological polar surface area (TPSA) is 88.3 Å². The molecule has 1 aromatic carbocycles. The summed E-state index contributed by atoms with van der Waals surface area (Å²) in [5.74, 6) is -1.77. The molecular formula is C17H17FN2O4. The molecule has 0 fully saturated rings. The van der Waals surface area contributed by atoms with Gasteiger partial charge in [-0.1, -0.05) is 12.1 Å². The summed E-state index contributed by atoms with van der Waals surface area (Å²) in [7, 11) is 0. The number of pyridine rings is 1. The Labute approximate surface area is 137 Å². The van der Waals surface area contributed by atoms with Gasteiger partial charge in [-0.05, 0) is 42.7 Å². The fourth-order valence-corrected chi connectivity index (χ4v) is 2.03. The Hall–Kier alpha value is -2.96. The van der Waals surface area contributed by atoms with Crippen LogP contribution in [0.5, 0.6) is 0 Å². The molecule has 0 aliphatic heterocycles. The Balaban J connectivity index is 1.88. The van der Waals surface area contributed by atoms with Crippen molar-refractivity contribution < 1.29 is 18.7 Å². The van der Waals surface area contributed by atoms with Crippen LogP contribution >= 0.6 is 0 Å². The molecular weight excluding hydrogens is 315 g/mol. The van der Waals surface area contributed by atoms with Gasteiger partial charge in [-0.2, -0.15) is 0 Å². The maximum atomic E-state index is 13.4. The predicted molar refractivity (Wildman–Crippen MR) is 85.1 cm³/mol. The van der Waals surface area contributed by atoms with E-state index in [1.165, 1.54) is 12.3 Å². The fraction of sp³-hybridized carbons (Fsp3) is 0.235. The maximum absolute atomic E-state index is 13.4. The average Bonchev–Trinajstić information content (AvgIpc) is 2.54. The van der Waals surface area contributed by atoms with E-state index in [9.17, 15) is 18.8 Å². The molecule has 7 heteroatoms. The lowest BCUT2D eigenvalue weighted by Crippen LogP contribution is -2.30. The number of halogens is 1. The molecule has 0 saturated carbocycles. The van der Waals surface area contributed by atoms with Crippen LogP contribution < -0.4 is 10.9 Å². The summed E-state index contributed by atoms with van der Waals surface area (Å²) in [4.78, 5) is 37.6. The van der Waals surface area contributed by atoms with Crippen LogP contribution in [0.3, 0.4) is 0 Å². The lowest BCUT2D eigenvalue weighted by molar-refractivity contribution is -0.124. The Morgan fingerprint density at radius 3 is 2.62 bits per heavy atom. The van der Waals surface area contributed by atoms with E-state index in [-0.39, 0.29) is 17.9 Å². The summed E-state index contributed by atoms with van der Waals surface area (Å²) in [5.41, 5.74) is 0.858. The van der Waals surface area contributed by atoms with E-state index in [2.05, 4.69) is 10.3 Å². The molecule has 24 heavy (non-hydrogen) atoms. The number of carbonyl (C=O) groups is 2. The van der Waals surface area contributed by atoms with Gasteiger partial charge in [0.05, 0.1) is 0 Å². The molecule has 0 saturated heterocycles. The molecule has 0 spiro atoms. The Kier molecular flexibility index (Phi) is 5.47. The highest BCUT2D eigenvalue weighted by Crippen LogP contribution is 2.08. The SMILES string of the molecule is Cc1ccc(CNC(=O)COC(=O)c2c(C)cc[nH]c2=O)cc1F. The highest BCUT2D eigenvalue weighted by molar-refractivity contribution is 5.92. The number of hydrogen-bond donors (Lipinski definition) is 2. The molecule has 0 aliphatic carbocycles. The summed E-state index contributed by atoms with van der Waals surface area (Å²) in [6.07, 6.45) is 1.42.